The zero-order valence-electron chi connectivity index (χ0n) is 8.27. The lowest BCUT2D eigenvalue weighted by atomic mass is 10.0. The van der Waals surface area contributed by atoms with Crippen LogP contribution in [0.2, 0.25) is 0 Å². The monoisotopic (exact) mass is 207 g/mol. The lowest BCUT2D eigenvalue weighted by Gasteiger charge is -2.25. The first-order chi connectivity index (χ1) is 7.29. The molecular weight excluding hydrogens is 194 g/mol. The number of carboxylic acids is 1. The summed E-state index contributed by atoms with van der Waals surface area (Å²) in [6, 6.07) is 7.02. The van der Waals surface area contributed by atoms with Gasteiger partial charge in [-0.25, -0.2) is 4.79 Å². The van der Waals surface area contributed by atoms with Gasteiger partial charge in [0.2, 0.25) is 0 Å². The van der Waals surface area contributed by atoms with Crippen LogP contribution in [0.4, 0.5) is 0 Å². The fourth-order valence-corrected chi connectivity index (χ4v) is 1.76. The van der Waals surface area contributed by atoms with E-state index in [0.717, 1.165) is 12.1 Å². The van der Waals surface area contributed by atoms with Gasteiger partial charge in [0.1, 0.15) is 0 Å². The number of nitrogens with one attached hydrogen (secondary N) is 1. The maximum Gasteiger partial charge on any atom is 0.336 e. The number of carboxylic acid groups (broad SMARTS) is 1. The van der Waals surface area contributed by atoms with Crippen LogP contribution in [0.1, 0.15) is 22.0 Å². The van der Waals surface area contributed by atoms with E-state index >= 15 is 0 Å². The van der Waals surface area contributed by atoms with Gasteiger partial charge in [0.05, 0.1) is 24.8 Å². The molecule has 4 nitrogen and oxygen atoms in total. The van der Waals surface area contributed by atoms with Crippen molar-refractivity contribution in [3.8, 4) is 0 Å². The molecule has 1 unspecified atom stereocenters. The average molecular weight is 207 g/mol. The average Bonchev–Trinajstić information content (AvgIpc) is 2.30. The van der Waals surface area contributed by atoms with Crippen molar-refractivity contribution in [1.29, 1.82) is 0 Å². The second-order valence-electron chi connectivity index (χ2n) is 3.47. The number of carbonyl (C=O) groups is 1. The molecule has 1 aromatic carbocycles. The topological polar surface area (TPSA) is 58.6 Å². The van der Waals surface area contributed by atoms with Crippen molar-refractivity contribution in [3.63, 3.8) is 0 Å². The molecule has 0 aliphatic carbocycles. The van der Waals surface area contributed by atoms with Gasteiger partial charge in [-0.2, -0.15) is 0 Å². The van der Waals surface area contributed by atoms with E-state index in [1.807, 2.05) is 12.1 Å². The van der Waals surface area contributed by atoms with Crippen molar-refractivity contribution in [2.45, 2.75) is 6.04 Å². The Morgan fingerprint density at radius 3 is 2.93 bits per heavy atom. The molecule has 2 rings (SSSR count). The molecule has 0 bridgehead atoms. The third-order valence-corrected chi connectivity index (χ3v) is 2.49. The van der Waals surface area contributed by atoms with E-state index in [9.17, 15) is 4.79 Å². The summed E-state index contributed by atoms with van der Waals surface area (Å²) < 4.78 is 5.32. The third-order valence-electron chi connectivity index (χ3n) is 2.49. The highest BCUT2D eigenvalue weighted by atomic mass is 16.5. The lowest BCUT2D eigenvalue weighted by molar-refractivity contribution is 0.0673. The van der Waals surface area contributed by atoms with Crippen LogP contribution in [0.5, 0.6) is 0 Å². The Morgan fingerprint density at radius 1 is 1.47 bits per heavy atom. The number of morpholine rings is 1. The first kappa shape index (κ1) is 10.1. The number of benzene rings is 1. The summed E-state index contributed by atoms with van der Waals surface area (Å²) in [6.45, 7) is 1.98. The lowest BCUT2D eigenvalue weighted by Crippen LogP contribution is -2.35. The number of hydrogen-bond acceptors (Lipinski definition) is 3. The van der Waals surface area contributed by atoms with Gasteiger partial charge < -0.3 is 15.2 Å². The molecule has 1 aliphatic heterocycles. The SMILES string of the molecule is O=C(O)c1ccccc1C1COCCN1. The highest BCUT2D eigenvalue weighted by Crippen LogP contribution is 2.20. The predicted molar refractivity (Wildman–Crippen MR) is 55.0 cm³/mol. The van der Waals surface area contributed by atoms with Crippen molar-refractivity contribution >= 4 is 5.97 Å². The Labute approximate surface area is 87.9 Å². The van der Waals surface area contributed by atoms with Gasteiger partial charge in [0.15, 0.2) is 0 Å². The molecule has 0 aromatic heterocycles. The minimum atomic E-state index is -0.891. The molecule has 1 aliphatic rings. The van der Waals surface area contributed by atoms with Gasteiger partial charge in [-0.15, -0.1) is 0 Å². The van der Waals surface area contributed by atoms with E-state index in [2.05, 4.69) is 5.32 Å². The molecule has 4 heteroatoms. The van der Waals surface area contributed by atoms with E-state index in [1.54, 1.807) is 12.1 Å². The number of hydrogen-bond donors (Lipinski definition) is 2. The van der Waals surface area contributed by atoms with Crippen molar-refractivity contribution in [1.82, 2.24) is 5.32 Å². The molecule has 2 N–H and O–H groups in total. The molecule has 0 spiro atoms. The molecule has 1 atom stereocenters. The van der Waals surface area contributed by atoms with Crippen molar-refractivity contribution in [2.75, 3.05) is 19.8 Å². The van der Waals surface area contributed by atoms with E-state index in [0.29, 0.717) is 18.8 Å². The minimum Gasteiger partial charge on any atom is -0.478 e. The standard InChI is InChI=1S/C11H13NO3/c13-11(14)9-4-2-1-3-8(9)10-7-15-6-5-12-10/h1-4,10,12H,5-7H2,(H,13,14). The molecule has 1 fully saturated rings. The smallest absolute Gasteiger partial charge is 0.336 e. The summed E-state index contributed by atoms with van der Waals surface area (Å²) in [7, 11) is 0. The molecule has 0 radical (unpaired) electrons. The zero-order valence-corrected chi connectivity index (χ0v) is 8.27. The van der Waals surface area contributed by atoms with E-state index < -0.39 is 5.97 Å². The second-order valence-corrected chi connectivity index (χ2v) is 3.47. The Bertz CT molecular complexity index is 359. The predicted octanol–water partition coefficient (Wildman–Crippen LogP) is 1.05. The van der Waals surface area contributed by atoms with Crippen LogP contribution in [-0.2, 0) is 4.74 Å². The maximum atomic E-state index is 11.0. The van der Waals surface area contributed by atoms with Crippen LogP contribution in [0.25, 0.3) is 0 Å². The Morgan fingerprint density at radius 2 is 2.27 bits per heavy atom. The zero-order chi connectivity index (χ0) is 10.7. The fourth-order valence-electron chi connectivity index (χ4n) is 1.76. The Kier molecular flexibility index (Phi) is 2.99. The van der Waals surface area contributed by atoms with Crippen molar-refractivity contribution in [2.24, 2.45) is 0 Å². The van der Waals surface area contributed by atoms with Gasteiger partial charge >= 0.3 is 5.97 Å². The maximum absolute atomic E-state index is 11.0. The van der Waals surface area contributed by atoms with Gasteiger partial charge in [0.25, 0.3) is 0 Å². The minimum absolute atomic E-state index is 0.00829. The van der Waals surface area contributed by atoms with Crippen LogP contribution in [-0.4, -0.2) is 30.8 Å². The summed E-state index contributed by atoms with van der Waals surface area (Å²) >= 11 is 0. The quantitative estimate of drug-likeness (QED) is 0.761. The number of aromatic carboxylic acids is 1. The highest BCUT2D eigenvalue weighted by Gasteiger charge is 2.20. The van der Waals surface area contributed by atoms with Gasteiger partial charge in [-0.05, 0) is 11.6 Å². The number of rotatable bonds is 2. The van der Waals surface area contributed by atoms with Crippen molar-refractivity contribution in [3.05, 3.63) is 35.4 Å². The van der Waals surface area contributed by atoms with Crippen LogP contribution in [0, 0.1) is 0 Å². The van der Waals surface area contributed by atoms with Crippen LogP contribution in [0.15, 0.2) is 24.3 Å². The largest absolute Gasteiger partial charge is 0.478 e. The molecular formula is C11H13NO3. The number of ether oxygens (including phenoxy) is 1. The molecule has 80 valence electrons. The normalized spacial score (nSPS) is 21.2. The van der Waals surface area contributed by atoms with E-state index in [1.165, 1.54) is 0 Å². The van der Waals surface area contributed by atoms with E-state index in [-0.39, 0.29) is 6.04 Å². The second kappa shape index (κ2) is 4.42. The molecule has 0 amide bonds. The Balaban J connectivity index is 2.29. The van der Waals surface area contributed by atoms with E-state index in [4.69, 9.17) is 9.84 Å². The third kappa shape index (κ3) is 2.16. The first-order valence-corrected chi connectivity index (χ1v) is 4.92. The van der Waals surface area contributed by atoms with Gasteiger partial charge in [-0.3, -0.25) is 0 Å². The summed E-state index contributed by atoms with van der Waals surface area (Å²) in [5, 5.41) is 12.3. The summed E-state index contributed by atoms with van der Waals surface area (Å²) in [6.07, 6.45) is 0. The summed E-state index contributed by atoms with van der Waals surface area (Å²) in [4.78, 5) is 11.0. The van der Waals surface area contributed by atoms with Crippen molar-refractivity contribution < 1.29 is 14.6 Å². The summed E-state index contributed by atoms with van der Waals surface area (Å²) in [5.41, 5.74) is 1.14. The van der Waals surface area contributed by atoms with Crippen LogP contribution >= 0.6 is 0 Å². The molecule has 0 saturated carbocycles. The summed E-state index contributed by atoms with van der Waals surface area (Å²) in [5.74, 6) is -0.891. The molecule has 1 aromatic rings. The highest BCUT2D eigenvalue weighted by molar-refractivity contribution is 5.89. The van der Waals surface area contributed by atoms with Gasteiger partial charge in [-0.1, -0.05) is 18.2 Å². The van der Waals surface area contributed by atoms with Gasteiger partial charge in [0, 0.05) is 6.54 Å². The Hall–Kier alpha value is -1.39. The first-order valence-electron chi connectivity index (χ1n) is 4.92. The molecule has 1 saturated heterocycles. The van der Waals surface area contributed by atoms with Crippen LogP contribution in [0.3, 0.4) is 0 Å². The molecule has 1 heterocycles. The van der Waals surface area contributed by atoms with Crippen LogP contribution < -0.4 is 5.32 Å². The molecule has 15 heavy (non-hydrogen) atoms. The fraction of sp³-hybridized carbons (Fsp3) is 0.364.